The molecular formula is C6H17NO2Si. The molecule has 0 saturated heterocycles. The maximum Gasteiger partial charge on any atom is 0.346 e. The third-order valence-electron chi connectivity index (χ3n) is 1.57. The number of nitrogens with two attached hydrogens (primary N) is 1. The highest BCUT2D eigenvalue weighted by Crippen LogP contribution is 2.05. The van der Waals surface area contributed by atoms with E-state index in [1.165, 1.54) is 6.55 Å². The minimum atomic E-state index is -3.02. The molecule has 4 heteroatoms. The molecule has 0 radical (unpaired) electrons. The highest BCUT2D eigenvalue weighted by molar-refractivity contribution is 6.64. The summed E-state index contributed by atoms with van der Waals surface area (Å²) in [5.74, 6) is 0. The van der Waals surface area contributed by atoms with Gasteiger partial charge in [-0.25, -0.2) is 0 Å². The molecule has 0 heterocycles. The van der Waals surface area contributed by atoms with Gasteiger partial charge in [-0.15, -0.1) is 0 Å². The Labute approximate surface area is 63.1 Å². The first-order valence-corrected chi connectivity index (χ1v) is 6.16. The maximum absolute atomic E-state index is 9.08. The van der Waals surface area contributed by atoms with Gasteiger partial charge in [-0.3, -0.25) is 0 Å². The van der Waals surface area contributed by atoms with Crippen LogP contribution in [0.5, 0.6) is 0 Å². The molecule has 1 atom stereocenters. The van der Waals surface area contributed by atoms with Crippen molar-refractivity contribution in [1.82, 2.24) is 0 Å². The minimum Gasteiger partial charge on any atom is -0.410 e. The summed E-state index contributed by atoms with van der Waals surface area (Å²) in [7, 11) is -3.02. The normalized spacial score (nSPS) is 15.3. The molecule has 0 aliphatic carbocycles. The first-order valence-electron chi connectivity index (χ1n) is 3.68. The van der Waals surface area contributed by atoms with Crippen molar-refractivity contribution in [3.8, 4) is 0 Å². The van der Waals surface area contributed by atoms with Crippen molar-refractivity contribution in [3.05, 3.63) is 0 Å². The number of hydrogen-bond donors (Lipinski definition) is 3. The Bertz CT molecular complexity index is 92.2. The van der Waals surface area contributed by atoms with E-state index in [9.17, 15) is 0 Å². The van der Waals surface area contributed by atoms with Crippen LogP contribution in [0.25, 0.3) is 0 Å². The Morgan fingerprint density at radius 3 is 2.30 bits per heavy atom. The van der Waals surface area contributed by atoms with Crippen LogP contribution in [0, 0.1) is 0 Å². The summed E-state index contributed by atoms with van der Waals surface area (Å²) in [6.45, 7) is 3.51. The molecule has 0 rings (SSSR count). The summed E-state index contributed by atoms with van der Waals surface area (Å²) >= 11 is 0. The van der Waals surface area contributed by atoms with Crippen LogP contribution < -0.4 is 5.73 Å². The van der Waals surface area contributed by atoms with Crippen LogP contribution in [0.1, 0.15) is 26.2 Å². The van der Waals surface area contributed by atoms with E-state index in [1.54, 1.807) is 0 Å². The van der Waals surface area contributed by atoms with Crippen LogP contribution in [-0.4, -0.2) is 23.8 Å². The van der Waals surface area contributed by atoms with Crippen LogP contribution in [-0.2, 0) is 0 Å². The summed E-state index contributed by atoms with van der Waals surface area (Å²) in [5, 5.41) is 0. The van der Waals surface area contributed by atoms with E-state index in [2.05, 4.69) is 6.92 Å². The fourth-order valence-corrected chi connectivity index (χ4v) is 1.45. The van der Waals surface area contributed by atoms with Crippen molar-refractivity contribution in [1.29, 1.82) is 0 Å². The summed E-state index contributed by atoms with van der Waals surface area (Å²) < 4.78 is 0. The van der Waals surface area contributed by atoms with E-state index < -0.39 is 8.56 Å². The molecule has 0 amide bonds. The molecule has 0 aromatic heterocycles. The molecule has 0 aromatic rings. The Balaban J connectivity index is 3.52. The van der Waals surface area contributed by atoms with Crippen molar-refractivity contribution in [2.24, 2.45) is 5.73 Å². The van der Waals surface area contributed by atoms with Gasteiger partial charge in [0, 0.05) is 5.67 Å². The van der Waals surface area contributed by atoms with Gasteiger partial charge < -0.3 is 15.3 Å². The Morgan fingerprint density at radius 1 is 1.50 bits per heavy atom. The second kappa shape index (κ2) is 4.08. The zero-order valence-electron chi connectivity index (χ0n) is 6.67. The van der Waals surface area contributed by atoms with E-state index in [1.807, 2.05) is 0 Å². The molecule has 0 bridgehead atoms. The standard InChI is InChI=1S/C6H17NO2Si/c1-3-4-5-6(7)10(2,8)9/h6,8-9H,3-5,7H2,1-2H3. The van der Waals surface area contributed by atoms with Gasteiger partial charge in [0.2, 0.25) is 0 Å². The van der Waals surface area contributed by atoms with Gasteiger partial charge in [0.05, 0.1) is 0 Å². The van der Waals surface area contributed by atoms with Crippen LogP contribution in [0.3, 0.4) is 0 Å². The van der Waals surface area contributed by atoms with Crippen molar-refractivity contribution in [2.75, 3.05) is 0 Å². The Morgan fingerprint density at radius 2 is 2.00 bits per heavy atom. The molecule has 0 aliphatic heterocycles. The Hall–Kier alpha value is 0.0969. The molecule has 62 valence electrons. The lowest BCUT2D eigenvalue weighted by atomic mass is 10.2. The average molecular weight is 163 g/mol. The summed E-state index contributed by atoms with van der Waals surface area (Å²) in [6, 6.07) is 0. The van der Waals surface area contributed by atoms with Crippen molar-refractivity contribution in [2.45, 2.75) is 38.4 Å². The molecule has 3 nitrogen and oxygen atoms in total. The van der Waals surface area contributed by atoms with Crippen molar-refractivity contribution >= 4 is 8.56 Å². The zero-order chi connectivity index (χ0) is 8.20. The van der Waals surface area contributed by atoms with Crippen LogP contribution in [0.4, 0.5) is 0 Å². The molecule has 10 heavy (non-hydrogen) atoms. The summed E-state index contributed by atoms with van der Waals surface area (Å²) in [5.41, 5.74) is 5.12. The predicted octanol–water partition coefficient (Wildman–Crippen LogP) is 0.0997. The van der Waals surface area contributed by atoms with Crippen molar-refractivity contribution in [3.63, 3.8) is 0 Å². The highest BCUT2D eigenvalue weighted by atomic mass is 28.4. The molecule has 0 saturated carbocycles. The van der Waals surface area contributed by atoms with Crippen LogP contribution in [0.15, 0.2) is 0 Å². The molecule has 4 N–H and O–H groups in total. The largest absolute Gasteiger partial charge is 0.410 e. The van der Waals surface area contributed by atoms with Gasteiger partial charge in [0.1, 0.15) is 0 Å². The number of hydrogen-bond acceptors (Lipinski definition) is 3. The quantitative estimate of drug-likeness (QED) is 0.515. The van der Waals surface area contributed by atoms with Gasteiger partial charge in [-0.1, -0.05) is 19.8 Å². The lowest BCUT2D eigenvalue weighted by Crippen LogP contribution is -2.50. The van der Waals surface area contributed by atoms with E-state index >= 15 is 0 Å². The number of rotatable bonds is 4. The molecule has 0 aromatic carbocycles. The van der Waals surface area contributed by atoms with Crippen molar-refractivity contribution < 1.29 is 9.59 Å². The first kappa shape index (κ1) is 10.1. The second-order valence-corrected chi connectivity index (χ2v) is 5.77. The summed E-state index contributed by atoms with van der Waals surface area (Å²) in [4.78, 5) is 18.2. The molecule has 0 spiro atoms. The smallest absolute Gasteiger partial charge is 0.346 e. The van der Waals surface area contributed by atoms with Gasteiger partial charge in [-0.05, 0) is 13.0 Å². The first-order chi connectivity index (χ1) is 4.48. The van der Waals surface area contributed by atoms with E-state index in [0.29, 0.717) is 0 Å². The minimum absolute atomic E-state index is 0.382. The molecule has 0 fully saturated rings. The zero-order valence-corrected chi connectivity index (χ0v) is 7.67. The SMILES string of the molecule is CCCCC(N)[Si](C)(O)O. The molecule has 1 unspecified atom stereocenters. The number of unbranched alkanes of at least 4 members (excludes halogenated alkanes) is 1. The second-order valence-electron chi connectivity index (χ2n) is 2.84. The molecular weight excluding hydrogens is 146 g/mol. The van der Waals surface area contributed by atoms with Gasteiger partial charge >= 0.3 is 8.56 Å². The topological polar surface area (TPSA) is 66.5 Å². The monoisotopic (exact) mass is 163 g/mol. The highest BCUT2D eigenvalue weighted by Gasteiger charge is 2.29. The van der Waals surface area contributed by atoms with E-state index in [-0.39, 0.29) is 5.67 Å². The van der Waals surface area contributed by atoms with Crippen LogP contribution >= 0.6 is 0 Å². The maximum atomic E-state index is 9.08. The van der Waals surface area contributed by atoms with Crippen LogP contribution in [0.2, 0.25) is 6.55 Å². The van der Waals surface area contributed by atoms with Gasteiger partial charge in [-0.2, -0.15) is 0 Å². The lowest BCUT2D eigenvalue weighted by Gasteiger charge is -2.19. The fourth-order valence-electron chi connectivity index (χ4n) is 0.697. The Kier molecular flexibility index (Phi) is 4.11. The lowest BCUT2D eigenvalue weighted by molar-refractivity contribution is 0.344. The van der Waals surface area contributed by atoms with E-state index in [4.69, 9.17) is 15.3 Å². The van der Waals surface area contributed by atoms with E-state index in [0.717, 1.165) is 19.3 Å². The predicted molar refractivity (Wildman–Crippen MR) is 43.6 cm³/mol. The summed E-state index contributed by atoms with van der Waals surface area (Å²) in [6.07, 6.45) is 2.76. The molecule has 0 aliphatic rings. The van der Waals surface area contributed by atoms with Gasteiger partial charge in [0.25, 0.3) is 0 Å². The fraction of sp³-hybridized carbons (Fsp3) is 1.00. The third kappa shape index (κ3) is 4.00. The third-order valence-corrected chi connectivity index (χ3v) is 3.26. The van der Waals surface area contributed by atoms with Gasteiger partial charge in [0.15, 0.2) is 0 Å². The average Bonchev–Trinajstić information content (AvgIpc) is 1.80.